The first-order valence-electron chi connectivity index (χ1n) is 27.2. The molecule has 3 atom stereocenters. The van der Waals surface area contributed by atoms with E-state index in [1.165, 1.54) is 84.4 Å². The van der Waals surface area contributed by atoms with Gasteiger partial charge >= 0.3 is 42.4 Å². The summed E-state index contributed by atoms with van der Waals surface area (Å²) in [4.78, 5) is 0. The Hall–Kier alpha value is -11.0. The second kappa shape index (κ2) is 17.9. The van der Waals surface area contributed by atoms with E-state index in [0.29, 0.717) is 28.5 Å². The fourth-order valence-corrected chi connectivity index (χ4v) is 13.1. The summed E-state index contributed by atoms with van der Waals surface area (Å²) in [6.45, 7) is 5.13. The summed E-state index contributed by atoms with van der Waals surface area (Å²) in [6, 6.07) is 24.3. The van der Waals surface area contributed by atoms with Crippen molar-refractivity contribution in [2.75, 3.05) is 0 Å². The van der Waals surface area contributed by atoms with Crippen molar-refractivity contribution in [3.8, 4) is 68.3 Å². The average molecular weight is 1290 g/mol. The van der Waals surface area contributed by atoms with Crippen molar-refractivity contribution in [2.24, 2.45) is 0 Å². The second-order valence-electron chi connectivity index (χ2n) is 22.0. The molecule has 12 aromatic rings. The van der Waals surface area contributed by atoms with Gasteiger partial charge < -0.3 is 0 Å². The molecule has 0 N–H and O–H groups in total. The normalized spacial score (nSPS) is 18.5. The molecule has 18 nitrogen and oxygen atoms in total. The molecule has 0 saturated heterocycles. The number of hydrogen-bond acceptors (Lipinski definition) is 6. The maximum Gasteiger partial charge on any atom is 0.583 e. The van der Waals surface area contributed by atoms with Gasteiger partial charge in [-0.1, -0.05) is 27.4 Å². The third-order valence-electron chi connectivity index (χ3n) is 16.5. The zero-order chi connectivity index (χ0) is 64.6. The zero-order valence-corrected chi connectivity index (χ0v) is 46.5. The molecule has 6 aliphatic rings. The summed E-state index contributed by atoms with van der Waals surface area (Å²) in [7, 11) is 0. The van der Waals surface area contributed by atoms with Crippen LogP contribution in [-0.2, 0) is 42.4 Å². The highest BCUT2D eigenvalue weighted by Crippen LogP contribution is 2.45. The van der Waals surface area contributed by atoms with E-state index in [2.05, 4.69) is 30.6 Å². The zero-order valence-electron chi connectivity index (χ0n) is 46.5. The Balaban J connectivity index is 0.000000110. The van der Waals surface area contributed by atoms with Gasteiger partial charge in [-0.15, -0.1) is 28.1 Å². The Morgan fingerprint density at radius 2 is 0.565 bits per heavy atom. The van der Waals surface area contributed by atoms with Crippen LogP contribution in [0.2, 0.25) is 0 Å². The van der Waals surface area contributed by atoms with Crippen LogP contribution >= 0.6 is 0 Å². The van der Waals surface area contributed by atoms with Crippen LogP contribution in [0.15, 0.2) is 152 Å². The molecule has 462 valence electrons. The molecule has 0 bridgehead atoms. The van der Waals surface area contributed by atoms with E-state index in [-0.39, 0.29) is 45.6 Å². The Bertz CT molecular complexity index is 5210. The lowest BCUT2D eigenvalue weighted by Crippen LogP contribution is -2.77. The standard InChI is InChI=1S/C20H11F7N6.C19H11F5N6.C19H12F4N6/c1-10-6-15-13-7-11(18(22,23)24)2-4-30(13)20(32(15)28-10)31-5-3-12(21)8-14(31)16-9-17(19(25,26)27)29-33(16)20;1-10-6-15-13-7-11(20)2-4-27(13)19(29(15)25-10)28-5-3-12(21)8-14(28)16-9-17(18(22,23)24)26-30(16)19;1-11-8-15-13-4-2-3-6-26(13)19(28(15)24-11)27-7-5-12(20)9-14(27)16-10-17(18(21,22)23)25-29(16)19/h2-9H,1H3;2-9H,1H3;2-10H,1H3/q3*+2. The third kappa shape index (κ3) is 7.29. The minimum absolute atomic E-state index is 0.0531. The Labute approximate surface area is 502 Å². The molecule has 18 rings (SSSR count). The fraction of sp³-hybridized carbons (Fsp3) is 0.172. The fourth-order valence-electron chi connectivity index (χ4n) is 13.1. The maximum atomic E-state index is 14.1. The van der Waals surface area contributed by atoms with Crippen molar-refractivity contribution in [1.82, 2.24) is 58.7 Å². The number of aryl methyl sites for hydroxylation is 3. The third-order valence-corrected chi connectivity index (χ3v) is 16.5. The molecule has 0 aliphatic carbocycles. The number of pyridine rings is 6. The molecule has 6 aliphatic heterocycles. The minimum Gasteiger partial charge on any atom is -0.206 e. The van der Waals surface area contributed by atoms with Gasteiger partial charge in [0.05, 0.1) is 22.6 Å². The number of rotatable bonds is 0. The quantitative estimate of drug-likeness (QED) is 0.112. The molecular formula is C58H34F16N18+6. The topological polar surface area (TPSA) is 130 Å². The lowest BCUT2D eigenvalue weighted by atomic mass is 10.2. The van der Waals surface area contributed by atoms with Crippen LogP contribution < -0.4 is 27.4 Å². The van der Waals surface area contributed by atoms with Crippen LogP contribution in [0.4, 0.5) is 70.2 Å². The predicted octanol–water partition coefficient (Wildman–Crippen LogP) is 8.04. The Morgan fingerprint density at radius 3 is 0.880 bits per heavy atom. The van der Waals surface area contributed by atoms with Gasteiger partial charge in [-0.2, -0.15) is 83.3 Å². The van der Waals surface area contributed by atoms with Gasteiger partial charge in [-0.05, 0) is 45.0 Å². The van der Waals surface area contributed by atoms with Gasteiger partial charge in [0.2, 0.25) is 34.2 Å². The molecule has 34 heteroatoms. The summed E-state index contributed by atoms with van der Waals surface area (Å²) in [6.07, 6.45) is -10.3. The first-order chi connectivity index (χ1) is 43.4. The van der Waals surface area contributed by atoms with E-state index in [9.17, 15) is 70.2 Å². The van der Waals surface area contributed by atoms with Crippen molar-refractivity contribution in [3.05, 3.63) is 215 Å². The van der Waals surface area contributed by atoms with E-state index in [1.807, 2.05) is 25.1 Å². The van der Waals surface area contributed by atoms with E-state index >= 15 is 0 Å². The highest BCUT2D eigenvalue weighted by molar-refractivity contribution is 5.62. The van der Waals surface area contributed by atoms with Crippen molar-refractivity contribution in [2.45, 2.75) is 63.2 Å². The molecule has 0 radical (unpaired) electrons. The van der Waals surface area contributed by atoms with Crippen LogP contribution in [0.5, 0.6) is 0 Å². The molecular weight excluding hydrogens is 1250 g/mol. The molecule has 0 aromatic carbocycles. The van der Waals surface area contributed by atoms with Crippen LogP contribution in [0.3, 0.4) is 0 Å². The second-order valence-corrected chi connectivity index (χ2v) is 22.0. The number of nitrogens with zero attached hydrogens (tertiary/aromatic N) is 18. The lowest BCUT2D eigenvalue weighted by Gasteiger charge is -2.16. The maximum absolute atomic E-state index is 14.1. The van der Waals surface area contributed by atoms with E-state index in [4.69, 9.17) is 0 Å². The molecule has 0 saturated carbocycles. The van der Waals surface area contributed by atoms with Crippen LogP contribution in [0, 0.1) is 44.0 Å². The smallest absolute Gasteiger partial charge is 0.206 e. The van der Waals surface area contributed by atoms with Crippen LogP contribution in [0.25, 0.3) is 68.3 Å². The molecule has 0 fully saturated rings. The predicted molar refractivity (Wildman–Crippen MR) is 274 cm³/mol. The molecule has 18 heterocycles. The van der Waals surface area contributed by atoms with Crippen molar-refractivity contribution < 1.29 is 97.6 Å². The van der Waals surface area contributed by atoms with Gasteiger partial charge in [0, 0.05) is 91.0 Å². The average Bonchev–Trinajstić information content (AvgIpc) is 1.52. The van der Waals surface area contributed by atoms with Gasteiger partial charge in [0.15, 0.2) is 71.3 Å². The molecule has 0 amide bonds. The minimum atomic E-state index is -4.80. The van der Waals surface area contributed by atoms with Crippen molar-refractivity contribution in [1.29, 1.82) is 0 Å². The van der Waals surface area contributed by atoms with E-state index < -0.39 is 88.4 Å². The number of alkyl halides is 12. The highest BCUT2D eigenvalue weighted by Gasteiger charge is 2.73. The van der Waals surface area contributed by atoms with Gasteiger partial charge in [-0.3, -0.25) is 0 Å². The number of aromatic nitrogens is 18. The van der Waals surface area contributed by atoms with Crippen LogP contribution in [-0.4, -0.2) is 58.7 Å². The molecule has 3 unspecified atom stereocenters. The number of fused-ring (bicyclic) bond motifs is 30. The number of halogens is 16. The summed E-state index contributed by atoms with van der Waals surface area (Å²) >= 11 is 0. The van der Waals surface area contributed by atoms with Crippen molar-refractivity contribution >= 4 is 0 Å². The summed E-state index contributed by atoms with van der Waals surface area (Å²) in [5.41, 5.74) is 0.717. The van der Waals surface area contributed by atoms with Gasteiger partial charge in [0.1, 0.15) is 40.4 Å². The molecule has 92 heavy (non-hydrogen) atoms. The summed E-state index contributed by atoms with van der Waals surface area (Å²) in [5.74, 6) is -7.15. The first kappa shape index (κ1) is 56.3. The lowest BCUT2D eigenvalue weighted by molar-refractivity contribution is -0.991. The number of hydrogen-bond donors (Lipinski definition) is 0. The SMILES string of the molecule is Cc1cc2n(n1)C1(n3nc(C(F)(F)F)cc3-c3cc(F)cc[n+]31)[n+]1ccc(C(F)(F)F)cc1-2.Cc1cc2n(n1)C1(n3nc(C(F)(F)F)cc3-c3cc(F)cc[n+]31)[n+]1ccc(F)cc1-2.Cc1cc2n(n1)C1(n3nc(C(F)(F)F)cc3-c3cc(F)cc[n+]31)[n+]1ccccc1-2. The summed E-state index contributed by atoms with van der Waals surface area (Å²) in [5, 5.41) is 25.0. The molecule has 3 spiro atoms. The van der Waals surface area contributed by atoms with E-state index in [0.717, 1.165) is 75.5 Å². The Morgan fingerprint density at radius 1 is 0.293 bits per heavy atom. The first-order valence-corrected chi connectivity index (χ1v) is 27.2. The largest absolute Gasteiger partial charge is 0.583 e. The molecule has 12 aromatic heterocycles. The highest BCUT2D eigenvalue weighted by atomic mass is 19.4. The van der Waals surface area contributed by atoms with Crippen LogP contribution in [0.1, 0.15) is 39.7 Å². The monoisotopic (exact) mass is 1290 g/mol. The summed E-state index contributed by atoms with van der Waals surface area (Å²) < 4.78 is 235. The Kier molecular flexibility index (Phi) is 11.0. The van der Waals surface area contributed by atoms with Gasteiger partial charge in [0.25, 0.3) is 0 Å². The van der Waals surface area contributed by atoms with Crippen molar-refractivity contribution in [3.63, 3.8) is 0 Å². The van der Waals surface area contributed by atoms with E-state index in [1.54, 1.807) is 55.1 Å². The van der Waals surface area contributed by atoms with Gasteiger partial charge in [-0.25, -0.2) is 17.6 Å².